The van der Waals surface area contributed by atoms with E-state index in [0.717, 1.165) is 21.9 Å². The highest BCUT2D eigenvalue weighted by atomic mass is 35.5. The quantitative estimate of drug-likeness (QED) is 0.446. The van der Waals surface area contributed by atoms with Crippen LogP contribution in [0.5, 0.6) is 0 Å². The van der Waals surface area contributed by atoms with Crippen LogP contribution in [-0.4, -0.2) is 11.0 Å². The molecule has 0 spiro atoms. The minimum atomic E-state index is -0.303. The maximum Gasteiger partial charge on any atom is 0.250 e. The number of hydrogen-bond acceptors (Lipinski definition) is 2. The van der Waals surface area contributed by atoms with Gasteiger partial charge in [-0.1, -0.05) is 71.7 Å². The lowest BCUT2D eigenvalue weighted by molar-refractivity contribution is -0.115. The third-order valence-corrected chi connectivity index (χ3v) is 4.76. The van der Waals surface area contributed by atoms with Gasteiger partial charge >= 0.3 is 0 Å². The Hall–Kier alpha value is -2.40. The molecule has 2 N–H and O–H groups in total. The van der Waals surface area contributed by atoms with Gasteiger partial charge in [0.05, 0.1) is 0 Å². The fourth-order valence-corrected chi connectivity index (χ4v) is 3.25. The van der Waals surface area contributed by atoms with Crippen molar-refractivity contribution in [2.75, 3.05) is 0 Å². The molecule has 0 aliphatic carbocycles. The summed E-state index contributed by atoms with van der Waals surface area (Å²) in [6.45, 7) is 0.391. The first-order valence-electron chi connectivity index (χ1n) is 8.21. The zero-order chi connectivity index (χ0) is 19.2. The molecule has 3 aromatic carbocycles. The van der Waals surface area contributed by atoms with Crippen molar-refractivity contribution < 1.29 is 4.79 Å². The molecular formula is C21H16Cl2N2OS. The predicted octanol–water partition coefficient (Wildman–Crippen LogP) is 5.35. The van der Waals surface area contributed by atoms with Gasteiger partial charge in [-0.25, -0.2) is 0 Å². The van der Waals surface area contributed by atoms with Crippen LogP contribution in [0.3, 0.4) is 0 Å². The third-order valence-electron chi connectivity index (χ3n) is 3.93. The van der Waals surface area contributed by atoms with Crippen molar-refractivity contribution >= 4 is 63.3 Å². The molecule has 0 bridgehead atoms. The van der Waals surface area contributed by atoms with Gasteiger partial charge in [0.25, 0.3) is 0 Å². The summed E-state index contributed by atoms with van der Waals surface area (Å²) >= 11 is 17.2. The number of halogens is 2. The van der Waals surface area contributed by atoms with Crippen molar-refractivity contribution in [2.45, 2.75) is 6.54 Å². The van der Waals surface area contributed by atoms with E-state index < -0.39 is 0 Å². The van der Waals surface area contributed by atoms with Crippen molar-refractivity contribution in [3.05, 3.63) is 87.9 Å². The minimum Gasteiger partial charge on any atom is -0.358 e. The van der Waals surface area contributed by atoms with Crippen LogP contribution >= 0.6 is 35.4 Å². The number of amides is 1. The fraction of sp³-hybridized carbons (Fsp3) is 0.0476. The number of rotatable bonds is 4. The van der Waals surface area contributed by atoms with Crippen LogP contribution in [0.2, 0.25) is 10.0 Å². The Kier molecular flexibility index (Phi) is 6.45. The van der Waals surface area contributed by atoms with E-state index in [1.165, 1.54) is 6.08 Å². The van der Waals surface area contributed by atoms with Gasteiger partial charge in [0, 0.05) is 22.7 Å². The largest absolute Gasteiger partial charge is 0.358 e. The first-order chi connectivity index (χ1) is 13.0. The Balaban J connectivity index is 1.58. The molecule has 0 radical (unpaired) electrons. The number of thiocarbonyl (C=S) groups is 1. The van der Waals surface area contributed by atoms with Gasteiger partial charge < -0.3 is 5.32 Å². The standard InChI is InChI=1S/C21H16Cl2N2OS/c22-17-10-8-16(19(23)12-17)13-24-21(27)25-20(26)11-9-15-6-3-5-14-4-1-2-7-18(14)15/h1-12H,13H2,(H2,24,25,26,27)/b11-9+. The number of carbonyl (C=O) groups is 1. The molecule has 1 amide bonds. The van der Waals surface area contributed by atoms with Gasteiger partial charge in [-0.2, -0.15) is 0 Å². The number of nitrogens with one attached hydrogen (secondary N) is 2. The Morgan fingerprint density at radius 2 is 1.81 bits per heavy atom. The van der Waals surface area contributed by atoms with E-state index in [4.69, 9.17) is 35.4 Å². The van der Waals surface area contributed by atoms with Crippen molar-refractivity contribution in [3.63, 3.8) is 0 Å². The molecule has 27 heavy (non-hydrogen) atoms. The monoisotopic (exact) mass is 414 g/mol. The van der Waals surface area contributed by atoms with E-state index in [9.17, 15) is 4.79 Å². The highest BCUT2D eigenvalue weighted by Crippen LogP contribution is 2.21. The van der Waals surface area contributed by atoms with Crippen LogP contribution in [0.25, 0.3) is 16.8 Å². The fourth-order valence-electron chi connectivity index (χ4n) is 2.60. The van der Waals surface area contributed by atoms with Crippen LogP contribution in [-0.2, 0) is 11.3 Å². The van der Waals surface area contributed by atoms with Gasteiger partial charge in [-0.3, -0.25) is 10.1 Å². The second kappa shape index (κ2) is 9.00. The summed E-state index contributed by atoms with van der Waals surface area (Å²) in [5.41, 5.74) is 1.80. The second-order valence-corrected chi connectivity index (χ2v) is 7.06. The molecule has 3 rings (SSSR count). The lowest BCUT2D eigenvalue weighted by atomic mass is 10.0. The van der Waals surface area contributed by atoms with Crippen molar-refractivity contribution in [1.82, 2.24) is 10.6 Å². The minimum absolute atomic E-state index is 0.230. The molecule has 3 nitrogen and oxygen atoms in total. The molecule has 3 aromatic rings. The summed E-state index contributed by atoms with van der Waals surface area (Å²) in [6.07, 6.45) is 3.24. The molecule has 0 atom stereocenters. The van der Waals surface area contributed by atoms with Crippen LogP contribution < -0.4 is 10.6 Å². The predicted molar refractivity (Wildman–Crippen MR) is 117 cm³/mol. The molecule has 0 unspecified atom stereocenters. The van der Waals surface area contributed by atoms with E-state index in [1.54, 1.807) is 18.2 Å². The van der Waals surface area contributed by atoms with Crippen LogP contribution in [0.1, 0.15) is 11.1 Å². The summed E-state index contributed by atoms with van der Waals surface area (Å²) in [4.78, 5) is 12.1. The Morgan fingerprint density at radius 3 is 2.63 bits per heavy atom. The second-order valence-electron chi connectivity index (χ2n) is 5.81. The topological polar surface area (TPSA) is 41.1 Å². The molecular weight excluding hydrogens is 399 g/mol. The summed E-state index contributed by atoms with van der Waals surface area (Å²) in [5, 5.41) is 9.13. The van der Waals surface area contributed by atoms with Crippen LogP contribution in [0.4, 0.5) is 0 Å². The lowest BCUT2D eigenvalue weighted by Gasteiger charge is -2.09. The molecule has 0 saturated carbocycles. The summed E-state index contributed by atoms with van der Waals surface area (Å²) in [5.74, 6) is -0.303. The Bertz CT molecular complexity index is 1030. The third kappa shape index (κ3) is 5.30. The molecule has 6 heteroatoms. The Labute approximate surface area is 173 Å². The molecule has 0 saturated heterocycles. The molecule has 0 aliphatic rings. The SMILES string of the molecule is O=C(/C=C/c1cccc2ccccc12)NC(=S)NCc1ccc(Cl)cc1Cl. The highest BCUT2D eigenvalue weighted by Gasteiger charge is 2.05. The number of carbonyl (C=O) groups excluding carboxylic acids is 1. The zero-order valence-electron chi connectivity index (χ0n) is 14.2. The van der Waals surface area contributed by atoms with Crippen LogP contribution in [0, 0.1) is 0 Å². The van der Waals surface area contributed by atoms with E-state index in [-0.39, 0.29) is 11.0 Å². The smallest absolute Gasteiger partial charge is 0.250 e. The van der Waals surface area contributed by atoms with E-state index in [1.807, 2.05) is 48.5 Å². The van der Waals surface area contributed by atoms with Gasteiger partial charge in [0.15, 0.2) is 5.11 Å². The highest BCUT2D eigenvalue weighted by molar-refractivity contribution is 7.80. The van der Waals surface area contributed by atoms with Crippen LogP contribution in [0.15, 0.2) is 66.7 Å². The van der Waals surface area contributed by atoms with E-state index >= 15 is 0 Å². The van der Waals surface area contributed by atoms with Crippen molar-refractivity contribution in [2.24, 2.45) is 0 Å². The van der Waals surface area contributed by atoms with E-state index in [2.05, 4.69) is 10.6 Å². The van der Waals surface area contributed by atoms with Gasteiger partial charge in [-0.15, -0.1) is 0 Å². The van der Waals surface area contributed by atoms with Crippen molar-refractivity contribution in [1.29, 1.82) is 0 Å². The normalized spacial score (nSPS) is 10.9. The maximum absolute atomic E-state index is 12.1. The molecule has 0 fully saturated rings. The van der Waals surface area contributed by atoms with Gasteiger partial charge in [0.1, 0.15) is 0 Å². The van der Waals surface area contributed by atoms with Gasteiger partial charge in [0.2, 0.25) is 5.91 Å². The van der Waals surface area contributed by atoms with E-state index in [0.29, 0.717) is 16.6 Å². The number of fused-ring (bicyclic) bond motifs is 1. The first-order valence-corrected chi connectivity index (χ1v) is 9.38. The summed E-state index contributed by atoms with van der Waals surface area (Å²) in [7, 11) is 0. The lowest BCUT2D eigenvalue weighted by Crippen LogP contribution is -2.38. The first kappa shape index (κ1) is 19.4. The average Bonchev–Trinajstić information content (AvgIpc) is 2.65. The maximum atomic E-state index is 12.1. The summed E-state index contributed by atoms with van der Waals surface area (Å²) < 4.78 is 0. The molecule has 0 heterocycles. The zero-order valence-corrected chi connectivity index (χ0v) is 16.5. The van der Waals surface area contributed by atoms with Crippen molar-refractivity contribution in [3.8, 4) is 0 Å². The Morgan fingerprint density at radius 1 is 1.04 bits per heavy atom. The molecule has 0 aliphatic heterocycles. The number of benzene rings is 3. The number of hydrogen-bond donors (Lipinski definition) is 2. The average molecular weight is 415 g/mol. The molecule has 0 aromatic heterocycles. The summed E-state index contributed by atoms with van der Waals surface area (Å²) in [6, 6.07) is 19.2. The van der Waals surface area contributed by atoms with Gasteiger partial charge in [-0.05, 0) is 52.3 Å². The molecule has 136 valence electrons.